The Bertz CT molecular complexity index is 1000. The number of nitrogens with zero attached hydrogens (tertiary/aromatic N) is 1. The highest BCUT2D eigenvalue weighted by molar-refractivity contribution is 5.98. The third-order valence-corrected chi connectivity index (χ3v) is 5.86. The highest BCUT2D eigenvalue weighted by atomic mass is 16.5. The highest BCUT2D eigenvalue weighted by Crippen LogP contribution is 2.23. The number of nitrogens with one attached hydrogen (secondary N) is 2. The number of piperidine rings is 1. The van der Waals surface area contributed by atoms with E-state index in [0.29, 0.717) is 44.3 Å². The Kier molecular flexibility index (Phi) is 6.55. The van der Waals surface area contributed by atoms with Crippen LogP contribution in [-0.4, -0.2) is 41.4 Å². The molecule has 1 aliphatic rings. The lowest BCUT2D eigenvalue weighted by molar-refractivity contribution is -0.122. The lowest BCUT2D eigenvalue weighted by Gasteiger charge is -2.31. The number of likely N-dealkylation sites (tertiary alicyclic amines) is 1. The normalized spacial score (nSPS) is 14.5. The number of carbonyl (C=O) groups is 2. The molecule has 1 aliphatic heterocycles. The van der Waals surface area contributed by atoms with Crippen LogP contribution in [0.3, 0.4) is 0 Å². The largest absolute Gasteiger partial charge is 0.494 e. The van der Waals surface area contributed by atoms with Crippen LogP contribution in [0.2, 0.25) is 0 Å². The third kappa shape index (κ3) is 5.26. The van der Waals surface area contributed by atoms with Gasteiger partial charge in [0.1, 0.15) is 11.4 Å². The number of hydrogen-bond acceptors (Lipinski definition) is 3. The van der Waals surface area contributed by atoms with Gasteiger partial charge in [0.05, 0.1) is 6.61 Å². The molecule has 2 aromatic carbocycles. The van der Waals surface area contributed by atoms with Gasteiger partial charge >= 0.3 is 0 Å². The second-order valence-electron chi connectivity index (χ2n) is 8.06. The van der Waals surface area contributed by atoms with Crippen LogP contribution in [-0.2, 0) is 11.3 Å². The minimum absolute atomic E-state index is 0.0367. The second-order valence-corrected chi connectivity index (χ2v) is 8.06. The summed E-state index contributed by atoms with van der Waals surface area (Å²) in [5.74, 6) is 1.25. The number of hydrogen-bond donors (Lipinski definition) is 2. The van der Waals surface area contributed by atoms with Gasteiger partial charge in [0.15, 0.2) is 0 Å². The average molecular weight is 420 g/mol. The number of fused-ring (bicyclic) bond motifs is 1. The van der Waals surface area contributed by atoms with Crippen LogP contribution in [0.25, 0.3) is 10.9 Å². The van der Waals surface area contributed by atoms with Gasteiger partial charge in [-0.2, -0.15) is 0 Å². The van der Waals surface area contributed by atoms with Crippen LogP contribution in [0.4, 0.5) is 0 Å². The zero-order chi connectivity index (χ0) is 21.6. The van der Waals surface area contributed by atoms with Crippen LogP contribution in [0.5, 0.6) is 5.75 Å². The van der Waals surface area contributed by atoms with Gasteiger partial charge in [0.2, 0.25) is 5.91 Å². The Hall–Kier alpha value is -3.28. The van der Waals surface area contributed by atoms with Gasteiger partial charge in [0.25, 0.3) is 5.91 Å². The Morgan fingerprint density at radius 3 is 2.55 bits per heavy atom. The minimum atomic E-state index is 0.0367. The Labute approximate surface area is 182 Å². The molecule has 2 heterocycles. The number of aromatic nitrogens is 1. The summed E-state index contributed by atoms with van der Waals surface area (Å²) in [4.78, 5) is 30.3. The Morgan fingerprint density at radius 1 is 1.10 bits per heavy atom. The predicted octanol–water partition coefficient (Wildman–Crippen LogP) is 4.13. The molecule has 0 spiro atoms. The van der Waals surface area contributed by atoms with Crippen molar-refractivity contribution >= 4 is 22.7 Å². The molecule has 0 unspecified atom stereocenters. The molecule has 3 aromatic rings. The van der Waals surface area contributed by atoms with Gasteiger partial charge < -0.3 is 19.9 Å². The molecule has 1 fully saturated rings. The molecule has 0 aliphatic carbocycles. The first-order valence-corrected chi connectivity index (χ1v) is 11.0. The highest BCUT2D eigenvalue weighted by Gasteiger charge is 2.25. The molecule has 2 N–H and O–H groups in total. The van der Waals surface area contributed by atoms with E-state index in [1.54, 1.807) is 0 Å². The van der Waals surface area contributed by atoms with Gasteiger partial charge in [0, 0.05) is 37.0 Å². The van der Waals surface area contributed by atoms with Crippen molar-refractivity contribution in [2.75, 3.05) is 19.7 Å². The van der Waals surface area contributed by atoms with E-state index in [-0.39, 0.29) is 11.8 Å². The van der Waals surface area contributed by atoms with Crippen molar-refractivity contribution in [2.45, 2.75) is 32.7 Å². The summed E-state index contributed by atoms with van der Waals surface area (Å²) in [5, 5.41) is 4.05. The number of para-hydroxylation sites is 1. The van der Waals surface area contributed by atoms with Crippen molar-refractivity contribution in [3.8, 4) is 5.75 Å². The number of ether oxygens (including phenoxy) is 1. The fourth-order valence-corrected chi connectivity index (χ4v) is 4.10. The fraction of sp³-hybridized carbons (Fsp3) is 0.360. The molecular weight excluding hydrogens is 390 g/mol. The lowest BCUT2D eigenvalue weighted by atomic mass is 9.93. The number of carbonyl (C=O) groups excluding carboxylic acids is 2. The van der Waals surface area contributed by atoms with E-state index in [1.807, 2.05) is 66.4 Å². The smallest absolute Gasteiger partial charge is 0.270 e. The van der Waals surface area contributed by atoms with E-state index in [4.69, 9.17) is 4.74 Å². The van der Waals surface area contributed by atoms with E-state index in [1.165, 1.54) is 0 Å². The first-order chi connectivity index (χ1) is 15.1. The van der Waals surface area contributed by atoms with Crippen LogP contribution in [0, 0.1) is 5.92 Å². The van der Waals surface area contributed by atoms with E-state index in [2.05, 4.69) is 10.3 Å². The van der Waals surface area contributed by atoms with Crippen LogP contribution in [0.1, 0.15) is 42.2 Å². The Balaban J connectivity index is 1.22. The summed E-state index contributed by atoms with van der Waals surface area (Å²) in [5.41, 5.74) is 2.66. The maximum atomic E-state index is 12.8. The Morgan fingerprint density at radius 2 is 1.84 bits per heavy atom. The number of amides is 2. The lowest BCUT2D eigenvalue weighted by Crippen LogP contribution is -2.39. The van der Waals surface area contributed by atoms with Gasteiger partial charge in [-0.3, -0.25) is 9.59 Å². The van der Waals surface area contributed by atoms with Crippen molar-refractivity contribution in [3.63, 3.8) is 0 Å². The molecule has 162 valence electrons. The summed E-state index contributed by atoms with van der Waals surface area (Å²) < 4.78 is 5.44. The van der Waals surface area contributed by atoms with Crippen molar-refractivity contribution in [3.05, 3.63) is 65.9 Å². The summed E-state index contributed by atoms with van der Waals surface area (Å²) in [6.45, 7) is 4.48. The molecule has 31 heavy (non-hydrogen) atoms. The molecule has 1 saturated heterocycles. The molecule has 0 atom stereocenters. The first kappa shape index (κ1) is 21.0. The maximum absolute atomic E-state index is 12.8. The van der Waals surface area contributed by atoms with Crippen molar-refractivity contribution in [1.29, 1.82) is 0 Å². The molecule has 6 nitrogen and oxygen atoms in total. The van der Waals surface area contributed by atoms with Gasteiger partial charge in [-0.05, 0) is 55.5 Å². The maximum Gasteiger partial charge on any atom is 0.270 e. The summed E-state index contributed by atoms with van der Waals surface area (Å²) >= 11 is 0. The monoisotopic (exact) mass is 419 g/mol. The van der Waals surface area contributed by atoms with Gasteiger partial charge in [-0.15, -0.1) is 0 Å². The molecule has 6 heteroatoms. The summed E-state index contributed by atoms with van der Waals surface area (Å²) in [6.07, 6.45) is 2.20. The molecule has 0 radical (unpaired) electrons. The number of H-pyrrole nitrogens is 1. The standard InChI is InChI=1S/C25H29N3O3/c1-2-31-21-9-7-19(8-10-21)17-26-24(29)15-18-11-13-28(14-12-18)25(30)23-16-20-5-3-4-6-22(20)27-23/h3-10,16,18,27H,2,11-15,17H2,1H3,(H,26,29). The van der Waals surface area contributed by atoms with E-state index < -0.39 is 0 Å². The molecule has 4 rings (SSSR count). The van der Waals surface area contributed by atoms with Crippen LogP contribution in [0.15, 0.2) is 54.6 Å². The van der Waals surface area contributed by atoms with Crippen LogP contribution < -0.4 is 10.1 Å². The van der Waals surface area contributed by atoms with Gasteiger partial charge in [-0.1, -0.05) is 30.3 Å². The van der Waals surface area contributed by atoms with Crippen molar-refractivity contribution in [2.24, 2.45) is 5.92 Å². The zero-order valence-electron chi connectivity index (χ0n) is 17.9. The SMILES string of the molecule is CCOc1ccc(CNC(=O)CC2CCN(C(=O)c3cc4ccccc4[nH]3)CC2)cc1. The first-order valence-electron chi connectivity index (χ1n) is 11.0. The van der Waals surface area contributed by atoms with Crippen molar-refractivity contribution in [1.82, 2.24) is 15.2 Å². The second kappa shape index (κ2) is 9.69. The van der Waals surface area contributed by atoms with E-state index >= 15 is 0 Å². The summed E-state index contributed by atoms with van der Waals surface area (Å²) in [6, 6.07) is 17.6. The predicted molar refractivity (Wildman–Crippen MR) is 121 cm³/mol. The molecule has 0 saturated carbocycles. The van der Waals surface area contributed by atoms with E-state index in [9.17, 15) is 9.59 Å². The quantitative estimate of drug-likeness (QED) is 0.605. The summed E-state index contributed by atoms with van der Waals surface area (Å²) in [7, 11) is 0. The minimum Gasteiger partial charge on any atom is -0.494 e. The number of aromatic amines is 1. The zero-order valence-corrected chi connectivity index (χ0v) is 17.9. The fourth-order valence-electron chi connectivity index (χ4n) is 4.10. The van der Waals surface area contributed by atoms with Crippen LogP contribution >= 0.6 is 0 Å². The third-order valence-electron chi connectivity index (χ3n) is 5.86. The number of benzene rings is 2. The number of rotatable bonds is 7. The van der Waals surface area contributed by atoms with Crippen molar-refractivity contribution < 1.29 is 14.3 Å². The molecule has 1 aromatic heterocycles. The average Bonchev–Trinajstić information content (AvgIpc) is 3.23. The molecule has 0 bridgehead atoms. The molecular formula is C25H29N3O3. The van der Waals surface area contributed by atoms with Gasteiger partial charge in [-0.25, -0.2) is 0 Å². The topological polar surface area (TPSA) is 74.4 Å². The van der Waals surface area contributed by atoms with E-state index in [0.717, 1.165) is 35.1 Å². The molecule has 2 amide bonds.